The monoisotopic (exact) mass is 368 g/mol. The minimum Gasteiger partial charge on any atom is -0.364 e. The van der Waals surface area contributed by atoms with E-state index in [9.17, 15) is 9.59 Å². The lowest BCUT2D eigenvalue weighted by Crippen LogP contribution is -2.40. The quantitative estimate of drug-likeness (QED) is 0.844. The van der Waals surface area contributed by atoms with E-state index >= 15 is 0 Å². The highest BCUT2D eigenvalue weighted by atomic mass is 16.5. The van der Waals surface area contributed by atoms with Crippen molar-refractivity contribution in [3.63, 3.8) is 0 Å². The topological polar surface area (TPSA) is 78.7 Å². The van der Waals surface area contributed by atoms with Crippen molar-refractivity contribution in [1.82, 2.24) is 20.3 Å². The van der Waals surface area contributed by atoms with Gasteiger partial charge < -0.3 is 14.7 Å². The van der Waals surface area contributed by atoms with E-state index < -0.39 is 0 Å². The zero-order valence-electron chi connectivity index (χ0n) is 15.5. The molecule has 2 aromatic rings. The Morgan fingerprint density at radius 2 is 2.26 bits per heavy atom. The number of benzene rings is 1. The number of carbonyl (C=O) groups is 2. The highest BCUT2D eigenvalue weighted by molar-refractivity contribution is 6.02. The summed E-state index contributed by atoms with van der Waals surface area (Å²) in [5, 5.41) is 6.57. The van der Waals surface area contributed by atoms with Crippen molar-refractivity contribution in [3.05, 3.63) is 52.9 Å². The van der Waals surface area contributed by atoms with Gasteiger partial charge >= 0.3 is 0 Å². The van der Waals surface area contributed by atoms with Crippen molar-refractivity contribution in [2.45, 2.75) is 38.9 Å². The molecule has 1 saturated heterocycles. The van der Waals surface area contributed by atoms with Crippen molar-refractivity contribution >= 4 is 11.8 Å². The van der Waals surface area contributed by atoms with Crippen molar-refractivity contribution in [1.29, 1.82) is 0 Å². The highest BCUT2D eigenvalue weighted by Gasteiger charge is 2.32. The summed E-state index contributed by atoms with van der Waals surface area (Å²) >= 11 is 0. The van der Waals surface area contributed by atoms with Crippen LogP contribution >= 0.6 is 0 Å². The second-order valence-corrected chi connectivity index (χ2v) is 7.16. The maximum absolute atomic E-state index is 12.9. The van der Waals surface area contributed by atoms with Crippen LogP contribution in [-0.4, -0.2) is 52.4 Å². The number of hydrogen-bond acceptors (Lipinski definition) is 5. The SMILES string of the molecule is CCN1CCCC1CN1Cc2ccc(C(=O)NCc3ccon3)cc2C1=O. The lowest BCUT2D eigenvalue weighted by molar-refractivity contribution is 0.0731. The van der Waals surface area contributed by atoms with E-state index in [0.717, 1.165) is 31.6 Å². The van der Waals surface area contributed by atoms with Gasteiger partial charge in [-0.15, -0.1) is 0 Å². The number of carbonyl (C=O) groups excluding carboxylic acids is 2. The predicted octanol–water partition coefficient (Wildman–Crippen LogP) is 2.04. The van der Waals surface area contributed by atoms with Crippen LogP contribution in [0.25, 0.3) is 0 Å². The van der Waals surface area contributed by atoms with Gasteiger partial charge in [-0.1, -0.05) is 18.1 Å². The van der Waals surface area contributed by atoms with Crippen LogP contribution in [-0.2, 0) is 13.1 Å². The molecule has 2 aliphatic heterocycles. The lowest BCUT2D eigenvalue weighted by Gasteiger charge is -2.27. The Morgan fingerprint density at radius 1 is 1.37 bits per heavy atom. The molecule has 1 aromatic heterocycles. The van der Waals surface area contributed by atoms with E-state index in [1.807, 2.05) is 11.0 Å². The summed E-state index contributed by atoms with van der Waals surface area (Å²) < 4.78 is 4.75. The van der Waals surface area contributed by atoms with Gasteiger partial charge in [0.2, 0.25) is 0 Å². The number of nitrogens with zero attached hydrogens (tertiary/aromatic N) is 3. The molecule has 4 rings (SSSR count). The van der Waals surface area contributed by atoms with Gasteiger partial charge in [-0.3, -0.25) is 14.5 Å². The zero-order valence-corrected chi connectivity index (χ0v) is 15.5. The van der Waals surface area contributed by atoms with Crippen LogP contribution in [0, 0.1) is 0 Å². The minimum absolute atomic E-state index is 0.0269. The van der Waals surface area contributed by atoms with Gasteiger partial charge in [-0.25, -0.2) is 0 Å². The Kier molecular flexibility index (Phi) is 4.94. The standard InChI is InChI=1S/C20H24N4O3/c1-2-23-8-3-4-17(23)13-24-12-15-6-5-14(10-18(15)20(24)26)19(25)21-11-16-7-9-27-22-16/h5-7,9-10,17H,2-4,8,11-13H2,1H3,(H,21,25). The number of aromatic nitrogens is 1. The van der Waals surface area contributed by atoms with E-state index in [2.05, 4.69) is 22.3 Å². The van der Waals surface area contributed by atoms with E-state index in [-0.39, 0.29) is 11.8 Å². The molecule has 27 heavy (non-hydrogen) atoms. The van der Waals surface area contributed by atoms with Gasteiger partial charge in [0.05, 0.1) is 6.54 Å². The average molecular weight is 368 g/mol. The summed E-state index contributed by atoms with van der Waals surface area (Å²) in [6.07, 6.45) is 3.81. The summed E-state index contributed by atoms with van der Waals surface area (Å²) in [5.41, 5.74) is 2.78. The molecule has 2 aliphatic rings. The smallest absolute Gasteiger partial charge is 0.254 e. The third kappa shape index (κ3) is 3.60. The number of rotatable bonds is 6. The second-order valence-electron chi connectivity index (χ2n) is 7.16. The number of nitrogens with one attached hydrogen (secondary N) is 1. The maximum Gasteiger partial charge on any atom is 0.254 e. The Balaban J connectivity index is 1.42. The van der Waals surface area contributed by atoms with Crippen molar-refractivity contribution in [2.75, 3.05) is 19.6 Å². The highest BCUT2D eigenvalue weighted by Crippen LogP contribution is 2.26. The third-order valence-electron chi connectivity index (χ3n) is 5.51. The zero-order chi connectivity index (χ0) is 18.8. The van der Waals surface area contributed by atoms with E-state index in [0.29, 0.717) is 36.0 Å². The molecule has 1 fully saturated rings. The Bertz CT molecular complexity index is 834. The third-order valence-corrected chi connectivity index (χ3v) is 5.51. The first-order valence-corrected chi connectivity index (χ1v) is 9.49. The number of likely N-dealkylation sites (tertiary alicyclic amines) is 1. The lowest BCUT2D eigenvalue weighted by atomic mass is 10.1. The van der Waals surface area contributed by atoms with Gasteiger partial charge in [0.1, 0.15) is 12.0 Å². The average Bonchev–Trinajstić information content (AvgIpc) is 3.41. The van der Waals surface area contributed by atoms with Crippen LogP contribution in [0.4, 0.5) is 0 Å². The Labute approximate surface area is 158 Å². The molecule has 2 amide bonds. The van der Waals surface area contributed by atoms with Crippen molar-refractivity contribution in [3.8, 4) is 0 Å². The van der Waals surface area contributed by atoms with Gasteiger partial charge in [-0.2, -0.15) is 0 Å². The molecule has 1 N–H and O–H groups in total. The van der Waals surface area contributed by atoms with Crippen LogP contribution in [0.5, 0.6) is 0 Å². The number of amides is 2. The molecule has 0 bridgehead atoms. The number of likely N-dealkylation sites (N-methyl/N-ethyl adjacent to an activating group) is 1. The summed E-state index contributed by atoms with van der Waals surface area (Å²) in [4.78, 5) is 29.6. The van der Waals surface area contributed by atoms with E-state index in [1.165, 1.54) is 12.7 Å². The largest absolute Gasteiger partial charge is 0.364 e. The minimum atomic E-state index is -0.222. The molecule has 0 aliphatic carbocycles. The molecule has 0 spiro atoms. The van der Waals surface area contributed by atoms with Gasteiger partial charge in [-0.05, 0) is 43.6 Å². The fourth-order valence-corrected chi connectivity index (χ4v) is 4.02. The summed E-state index contributed by atoms with van der Waals surface area (Å²) in [6.45, 7) is 5.99. The van der Waals surface area contributed by atoms with Crippen LogP contribution in [0.3, 0.4) is 0 Å². The van der Waals surface area contributed by atoms with E-state index in [1.54, 1.807) is 18.2 Å². The fraction of sp³-hybridized carbons (Fsp3) is 0.450. The summed E-state index contributed by atoms with van der Waals surface area (Å²) in [7, 11) is 0. The molecule has 1 aromatic carbocycles. The second kappa shape index (κ2) is 7.52. The van der Waals surface area contributed by atoms with Gasteiger partial charge in [0.25, 0.3) is 11.8 Å². The molecule has 1 atom stereocenters. The first kappa shape index (κ1) is 17.7. The van der Waals surface area contributed by atoms with Crippen LogP contribution < -0.4 is 5.32 Å². The summed E-state index contributed by atoms with van der Waals surface area (Å²) in [5.74, 6) is -0.195. The Morgan fingerprint density at radius 3 is 3.04 bits per heavy atom. The Hall–Kier alpha value is -2.67. The molecule has 0 radical (unpaired) electrons. The van der Waals surface area contributed by atoms with E-state index in [4.69, 9.17) is 4.52 Å². The molecule has 7 heteroatoms. The predicted molar refractivity (Wildman–Crippen MR) is 99.1 cm³/mol. The first-order valence-electron chi connectivity index (χ1n) is 9.49. The summed E-state index contributed by atoms with van der Waals surface area (Å²) in [6, 6.07) is 7.53. The maximum atomic E-state index is 12.9. The molecule has 7 nitrogen and oxygen atoms in total. The first-order chi connectivity index (χ1) is 13.2. The number of fused-ring (bicyclic) bond motifs is 1. The van der Waals surface area contributed by atoms with Crippen molar-refractivity contribution < 1.29 is 14.1 Å². The van der Waals surface area contributed by atoms with Gasteiger partial charge in [0.15, 0.2) is 0 Å². The number of hydrogen-bond donors (Lipinski definition) is 1. The van der Waals surface area contributed by atoms with Gasteiger partial charge in [0, 0.05) is 36.3 Å². The van der Waals surface area contributed by atoms with Crippen molar-refractivity contribution in [2.24, 2.45) is 0 Å². The van der Waals surface area contributed by atoms with Crippen LogP contribution in [0.15, 0.2) is 35.1 Å². The molecule has 1 unspecified atom stereocenters. The van der Waals surface area contributed by atoms with Crippen LogP contribution in [0.1, 0.15) is 51.7 Å². The molecule has 0 saturated carbocycles. The molecular weight excluding hydrogens is 344 g/mol. The normalized spacial score (nSPS) is 19.5. The van der Waals surface area contributed by atoms with Crippen LogP contribution in [0.2, 0.25) is 0 Å². The molecule has 3 heterocycles. The fourth-order valence-electron chi connectivity index (χ4n) is 4.02. The molecular formula is C20H24N4O3. The molecule has 142 valence electrons.